The van der Waals surface area contributed by atoms with E-state index in [1.807, 2.05) is 0 Å². The molecule has 1 aliphatic rings. The number of sulfonamides is 1. The largest absolute Gasteiger partial charge is 0.353 e. The Balaban J connectivity index is 2.38. The van der Waals surface area contributed by atoms with Gasteiger partial charge in [0.1, 0.15) is 0 Å². The third-order valence-corrected chi connectivity index (χ3v) is 5.29. The molecule has 1 rings (SSSR count). The topological polar surface area (TPSA) is 66.5 Å². The van der Waals surface area contributed by atoms with E-state index in [-0.39, 0.29) is 24.9 Å². The normalized spacial score (nSPS) is 17.4. The summed E-state index contributed by atoms with van der Waals surface area (Å²) in [6.45, 7) is 4.91. The van der Waals surface area contributed by atoms with Gasteiger partial charge in [0.05, 0.1) is 6.26 Å². The van der Waals surface area contributed by atoms with E-state index >= 15 is 0 Å². The lowest BCUT2D eigenvalue weighted by Gasteiger charge is -2.24. The molecule has 1 saturated carbocycles. The molecule has 0 aromatic carbocycles. The van der Waals surface area contributed by atoms with Crippen molar-refractivity contribution in [2.24, 2.45) is 5.92 Å². The molecule has 0 atom stereocenters. The summed E-state index contributed by atoms with van der Waals surface area (Å²) in [4.78, 5) is 11.9. The number of carbonyl (C=O) groups is 1. The zero-order chi connectivity index (χ0) is 15.9. The van der Waals surface area contributed by atoms with Gasteiger partial charge in [-0.2, -0.15) is 0 Å². The van der Waals surface area contributed by atoms with E-state index in [0.717, 1.165) is 19.3 Å². The van der Waals surface area contributed by atoms with Gasteiger partial charge in [-0.15, -0.1) is 0 Å². The fourth-order valence-electron chi connectivity index (χ4n) is 2.62. The third-order valence-electron chi connectivity index (χ3n) is 3.98. The van der Waals surface area contributed by atoms with Crippen LogP contribution in [0.5, 0.6) is 0 Å². The number of amides is 1. The zero-order valence-corrected chi connectivity index (χ0v) is 14.4. The second-order valence-corrected chi connectivity index (χ2v) is 8.48. The Morgan fingerprint density at radius 3 is 2.33 bits per heavy atom. The highest BCUT2D eigenvalue weighted by Crippen LogP contribution is 2.17. The van der Waals surface area contributed by atoms with E-state index in [1.165, 1.54) is 29.8 Å². The molecule has 1 amide bonds. The van der Waals surface area contributed by atoms with Gasteiger partial charge >= 0.3 is 0 Å². The van der Waals surface area contributed by atoms with Crippen LogP contribution in [0.25, 0.3) is 0 Å². The zero-order valence-electron chi connectivity index (χ0n) is 13.6. The van der Waals surface area contributed by atoms with Crippen molar-refractivity contribution in [2.45, 2.75) is 64.8 Å². The van der Waals surface area contributed by atoms with Crippen molar-refractivity contribution in [3.8, 4) is 0 Å². The lowest BCUT2D eigenvalue weighted by molar-refractivity contribution is -0.122. The smallest absolute Gasteiger partial charge is 0.221 e. The molecule has 0 unspecified atom stereocenters. The van der Waals surface area contributed by atoms with Crippen LogP contribution in [-0.2, 0) is 14.8 Å². The number of hydrogen-bond donors (Lipinski definition) is 1. The summed E-state index contributed by atoms with van der Waals surface area (Å²) in [5.41, 5.74) is 0. The standard InChI is InChI=1S/C15H30N2O3S/c1-13(2)9-11-17(21(3,19)20)12-10-15(18)16-14-7-5-4-6-8-14/h13-14H,4-12H2,1-3H3,(H,16,18). The second-order valence-electron chi connectivity index (χ2n) is 6.50. The maximum atomic E-state index is 11.9. The van der Waals surface area contributed by atoms with E-state index < -0.39 is 10.0 Å². The van der Waals surface area contributed by atoms with Crippen LogP contribution in [-0.4, -0.2) is 44.0 Å². The molecule has 1 N–H and O–H groups in total. The molecule has 0 bridgehead atoms. The first-order valence-corrected chi connectivity index (χ1v) is 9.88. The highest BCUT2D eigenvalue weighted by atomic mass is 32.2. The molecule has 0 spiro atoms. The number of nitrogens with one attached hydrogen (secondary N) is 1. The van der Waals surface area contributed by atoms with Crippen molar-refractivity contribution >= 4 is 15.9 Å². The number of rotatable bonds is 8. The summed E-state index contributed by atoms with van der Waals surface area (Å²) >= 11 is 0. The summed E-state index contributed by atoms with van der Waals surface area (Å²) in [7, 11) is -3.24. The Bertz CT molecular complexity index is 415. The Morgan fingerprint density at radius 1 is 1.19 bits per heavy atom. The molecule has 5 nitrogen and oxygen atoms in total. The molecule has 0 radical (unpaired) electrons. The van der Waals surface area contributed by atoms with Gasteiger partial charge in [-0.25, -0.2) is 12.7 Å². The van der Waals surface area contributed by atoms with Crippen LogP contribution in [0.4, 0.5) is 0 Å². The van der Waals surface area contributed by atoms with Gasteiger partial charge < -0.3 is 5.32 Å². The molecule has 6 heteroatoms. The van der Waals surface area contributed by atoms with Crippen molar-refractivity contribution < 1.29 is 13.2 Å². The summed E-state index contributed by atoms with van der Waals surface area (Å²) in [5, 5.41) is 3.03. The third kappa shape index (κ3) is 7.81. The van der Waals surface area contributed by atoms with Crippen LogP contribution in [0.3, 0.4) is 0 Å². The van der Waals surface area contributed by atoms with Crippen molar-refractivity contribution in [1.29, 1.82) is 0 Å². The van der Waals surface area contributed by atoms with Gasteiger partial charge in [0, 0.05) is 25.6 Å². The molecule has 0 aromatic heterocycles. The monoisotopic (exact) mass is 318 g/mol. The SMILES string of the molecule is CC(C)CCN(CCC(=O)NC1CCCCC1)S(C)(=O)=O. The van der Waals surface area contributed by atoms with Crippen molar-refractivity contribution in [1.82, 2.24) is 9.62 Å². The summed E-state index contributed by atoms with van der Waals surface area (Å²) in [6, 6.07) is 0.286. The van der Waals surface area contributed by atoms with Crippen LogP contribution in [0.15, 0.2) is 0 Å². The predicted octanol–water partition coefficient (Wildman–Crippen LogP) is 2.13. The fourth-order valence-corrected chi connectivity index (χ4v) is 3.48. The summed E-state index contributed by atoms with van der Waals surface area (Å²) in [6.07, 6.45) is 7.99. The Hall–Kier alpha value is -0.620. The molecule has 0 heterocycles. The maximum absolute atomic E-state index is 11.9. The highest BCUT2D eigenvalue weighted by Gasteiger charge is 2.20. The van der Waals surface area contributed by atoms with Crippen molar-refractivity contribution in [3.05, 3.63) is 0 Å². The molecule has 1 aliphatic carbocycles. The maximum Gasteiger partial charge on any atom is 0.221 e. The molecule has 0 aromatic rings. The van der Waals surface area contributed by atoms with E-state index in [1.54, 1.807) is 0 Å². The van der Waals surface area contributed by atoms with Crippen molar-refractivity contribution in [2.75, 3.05) is 19.3 Å². The lowest BCUT2D eigenvalue weighted by atomic mass is 9.95. The van der Waals surface area contributed by atoms with Crippen LogP contribution in [0.2, 0.25) is 0 Å². The second kappa shape index (κ2) is 8.73. The number of hydrogen-bond acceptors (Lipinski definition) is 3. The fraction of sp³-hybridized carbons (Fsp3) is 0.933. The quantitative estimate of drug-likeness (QED) is 0.745. The molecule has 0 saturated heterocycles. The first kappa shape index (κ1) is 18.4. The molecule has 0 aliphatic heterocycles. The van der Waals surface area contributed by atoms with Gasteiger partial charge in [-0.05, 0) is 25.2 Å². The van der Waals surface area contributed by atoms with E-state index in [9.17, 15) is 13.2 Å². The van der Waals surface area contributed by atoms with Crippen molar-refractivity contribution in [3.63, 3.8) is 0 Å². The minimum absolute atomic E-state index is 0.0277. The predicted molar refractivity (Wildman–Crippen MR) is 85.5 cm³/mol. The Morgan fingerprint density at radius 2 is 1.81 bits per heavy atom. The van der Waals surface area contributed by atoms with Gasteiger partial charge in [-0.3, -0.25) is 4.79 Å². The first-order chi connectivity index (χ1) is 9.79. The van der Waals surface area contributed by atoms with Crippen LogP contribution in [0.1, 0.15) is 58.8 Å². The Labute approximate surface area is 129 Å². The van der Waals surface area contributed by atoms with Gasteiger partial charge in [0.15, 0.2) is 0 Å². The molecule has 1 fully saturated rings. The van der Waals surface area contributed by atoms with E-state index in [4.69, 9.17) is 0 Å². The van der Waals surface area contributed by atoms with E-state index in [0.29, 0.717) is 12.5 Å². The summed E-state index contributed by atoms with van der Waals surface area (Å²) in [5.74, 6) is 0.422. The van der Waals surface area contributed by atoms with Crippen LogP contribution >= 0.6 is 0 Å². The highest BCUT2D eigenvalue weighted by molar-refractivity contribution is 7.88. The minimum Gasteiger partial charge on any atom is -0.353 e. The first-order valence-electron chi connectivity index (χ1n) is 8.03. The summed E-state index contributed by atoms with van der Waals surface area (Å²) < 4.78 is 24.9. The number of nitrogens with zero attached hydrogens (tertiary/aromatic N) is 1. The van der Waals surface area contributed by atoms with Crippen LogP contribution < -0.4 is 5.32 Å². The molecule has 21 heavy (non-hydrogen) atoms. The molecular weight excluding hydrogens is 288 g/mol. The average Bonchev–Trinajstić information content (AvgIpc) is 2.37. The van der Waals surface area contributed by atoms with Gasteiger partial charge in [0.25, 0.3) is 0 Å². The van der Waals surface area contributed by atoms with Gasteiger partial charge in [0.2, 0.25) is 15.9 Å². The average molecular weight is 318 g/mol. The molecule has 124 valence electrons. The minimum atomic E-state index is -3.24. The van der Waals surface area contributed by atoms with Gasteiger partial charge in [-0.1, -0.05) is 33.1 Å². The molecular formula is C15H30N2O3S. The number of carbonyl (C=O) groups excluding carboxylic acids is 1. The Kier molecular flexibility index (Phi) is 7.66. The van der Waals surface area contributed by atoms with Crippen LogP contribution in [0, 0.1) is 5.92 Å². The lowest BCUT2D eigenvalue weighted by Crippen LogP contribution is -2.39. The van der Waals surface area contributed by atoms with E-state index in [2.05, 4.69) is 19.2 Å².